The molecule has 1 heterocycles. The summed E-state index contributed by atoms with van der Waals surface area (Å²) < 4.78 is 25.7. The second kappa shape index (κ2) is 7.52. The molecule has 0 aliphatic carbocycles. The molecule has 4 nitrogen and oxygen atoms in total. The molecule has 2 rings (SSSR count). The number of hydrogen-bond acceptors (Lipinski definition) is 3. The van der Waals surface area contributed by atoms with Crippen molar-refractivity contribution in [3.8, 4) is 0 Å². The summed E-state index contributed by atoms with van der Waals surface area (Å²) in [6.07, 6.45) is 0. The topological polar surface area (TPSA) is 44.4 Å². The highest BCUT2D eigenvalue weighted by atomic mass is 35.5. The van der Waals surface area contributed by atoms with Gasteiger partial charge in [-0.2, -0.15) is 0 Å². The first-order valence-corrected chi connectivity index (χ1v) is 6.25. The lowest BCUT2D eigenvalue weighted by atomic mass is 10.2. The second-order valence-electron chi connectivity index (χ2n) is 4.77. The molecule has 1 fully saturated rings. The molecule has 1 amide bonds. The first-order valence-electron chi connectivity index (χ1n) is 6.25. The summed E-state index contributed by atoms with van der Waals surface area (Å²) >= 11 is 0. The predicted octanol–water partition coefficient (Wildman–Crippen LogP) is 1.62. The summed E-state index contributed by atoms with van der Waals surface area (Å²) in [6.45, 7) is 4.75. The molecular weight excluding hydrogens is 288 g/mol. The van der Waals surface area contributed by atoms with Crippen LogP contribution in [0.4, 0.5) is 14.5 Å². The van der Waals surface area contributed by atoms with E-state index in [0.29, 0.717) is 6.04 Å². The highest BCUT2D eigenvalue weighted by molar-refractivity contribution is 5.92. The number of benzene rings is 1. The molecule has 1 aromatic carbocycles. The van der Waals surface area contributed by atoms with E-state index in [1.54, 1.807) is 0 Å². The Kier molecular flexibility index (Phi) is 6.32. The van der Waals surface area contributed by atoms with Crippen LogP contribution in [0.15, 0.2) is 18.2 Å². The minimum Gasteiger partial charge on any atom is -0.325 e. The van der Waals surface area contributed by atoms with Gasteiger partial charge in [0.15, 0.2) is 11.6 Å². The molecule has 7 heteroatoms. The molecule has 1 atom stereocenters. The van der Waals surface area contributed by atoms with Crippen molar-refractivity contribution >= 4 is 24.0 Å². The van der Waals surface area contributed by atoms with Crippen LogP contribution in [-0.4, -0.2) is 43.0 Å². The Hall–Kier alpha value is -1.24. The Morgan fingerprint density at radius 1 is 1.45 bits per heavy atom. The Bertz CT molecular complexity index is 473. The lowest BCUT2D eigenvalue weighted by molar-refractivity contribution is -0.117. The summed E-state index contributed by atoms with van der Waals surface area (Å²) in [5.74, 6) is -2.11. The maximum Gasteiger partial charge on any atom is 0.238 e. The maximum atomic E-state index is 13.0. The minimum absolute atomic E-state index is 0. The van der Waals surface area contributed by atoms with E-state index in [1.807, 2.05) is 4.90 Å². The Labute approximate surface area is 122 Å². The van der Waals surface area contributed by atoms with E-state index in [0.717, 1.165) is 31.8 Å². The normalized spacial score (nSPS) is 19.2. The second-order valence-corrected chi connectivity index (χ2v) is 4.77. The Morgan fingerprint density at radius 3 is 2.85 bits per heavy atom. The van der Waals surface area contributed by atoms with E-state index in [2.05, 4.69) is 17.6 Å². The molecule has 0 aromatic heterocycles. The molecule has 112 valence electrons. The van der Waals surface area contributed by atoms with Crippen LogP contribution in [0.1, 0.15) is 6.92 Å². The highest BCUT2D eigenvalue weighted by Gasteiger charge is 2.18. The van der Waals surface area contributed by atoms with Gasteiger partial charge in [0.05, 0.1) is 6.54 Å². The van der Waals surface area contributed by atoms with Gasteiger partial charge >= 0.3 is 0 Å². The molecule has 20 heavy (non-hydrogen) atoms. The summed E-state index contributed by atoms with van der Waals surface area (Å²) in [7, 11) is 0. The van der Waals surface area contributed by atoms with Gasteiger partial charge in [0.1, 0.15) is 0 Å². The third-order valence-electron chi connectivity index (χ3n) is 3.02. The number of nitrogens with zero attached hydrogens (tertiary/aromatic N) is 1. The van der Waals surface area contributed by atoms with Crippen LogP contribution >= 0.6 is 12.4 Å². The standard InChI is InChI=1S/C13H17F2N3O.ClH/c1-9-7-18(5-4-16-9)8-13(19)17-10-2-3-11(14)12(15)6-10;/h2-3,6,9,16H,4-5,7-8H2,1H3,(H,17,19);1H. The predicted molar refractivity (Wildman–Crippen MR) is 76.1 cm³/mol. The zero-order chi connectivity index (χ0) is 13.8. The van der Waals surface area contributed by atoms with Crippen molar-refractivity contribution in [3.05, 3.63) is 29.8 Å². The van der Waals surface area contributed by atoms with E-state index >= 15 is 0 Å². The monoisotopic (exact) mass is 305 g/mol. The lowest BCUT2D eigenvalue weighted by Crippen LogP contribution is -2.51. The number of hydrogen-bond donors (Lipinski definition) is 2. The lowest BCUT2D eigenvalue weighted by Gasteiger charge is -2.31. The van der Waals surface area contributed by atoms with Crippen molar-refractivity contribution in [1.82, 2.24) is 10.2 Å². The fraction of sp³-hybridized carbons (Fsp3) is 0.462. The van der Waals surface area contributed by atoms with Gasteiger partial charge in [-0.25, -0.2) is 8.78 Å². The number of rotatable bonds is 3. The van der Waals surface area contributed by atoms with Crippen LogP contribution in [0.2, 0.25) is 0 Å². The van der Waals surface area contributed by atoms with Crippen LogP contribution in [0.3, 0.4) is 0 Å². The Morgan fingerprint density at radius 2 is 2.20 bits per heavy atom. The minimum atomic E-state index is -0.964. The molecule has 0 saturated carbocycles. The molecule has 0 bridgehead atoms. The molecule has 1 aliphatic rings. The van der Waals surface area contributed by atoms with E-state index in [-0.39, 0.29) is 30.5 Å². The smallest absolute Gasteiger partial charge is 0.238 e. The third kappa shape index (κ3) is 4.70. The first-order chi connectivity index (χ1) is 9.04. The zero-order valence-corrected chi connectivity index (χ0v) is 12.0. The van der Waals surface area contributed by atoms with Gasteiger partial charge in [0.25, 0.3) is 0 Å². The van der Waals surface area contributed by atoms with Crippen molar-refractivity contribution < 1.29 is 13.6 Å². The molecule has 1 saturated heterocycles. The van der Waals surface area contributed by atoms with Gasteiger partial charge in [-0.3, -0.25) is 9.69 Å². The van der Waals surface area contributed by atoms with Crippen molar-refractivity contribution in [3.63, 3.8) is 0 Å². The van der Waals surface area contributed by atoms with E-state index in [1.165, 1.54) is 6.07 Å². The molecular formula is C13H18ClF2N3O. The number of carbonyl (C=O) groups excluding carboxylic acids is 1. The van der Waals surface area contributed by atoms with Crippen molar-refractivity contribution in [2.75, 3.05) is 31.5 Å². The number of anilines is 1. The quantitative estimate of drug-likeness (QED) is 0.892. The SMILES string of the molecule is CC1CN(CC(=O)Nc2ccc(F)c(F)c2)CCN1.Cl. The average Bonchev–Trinajstić information content (AvgIpc) is 2.34. The number of nitrogens with one attached hydrogen (secondary N) is 2. The van der Waals surface area contributed by atoms with Gasteiger partial charge in [-0.15, -0.1) is 12.4 Å². The van der Waals surface area contributed by atoms with Gasteiger partial charge in [0, 0.05) is 37.4 Å². The first kappa shape index (κ1) is 16.8. The van der Waals surface area contributed by atoms with Crippen molar-refractivity contribution in [2.24, 2.45) is 0 Å². The van der Waals surface area contributed by atoms with Crippen LogP contribution in [0.5, 0.6) is 0 Å². The molecule has 1 unspecified atom stereocenters. The van der Waals surface area contributed by atoms with Crippen molar-refractivity contribution in [1.29, 1.82) is 0 Å². The number of halogens is 3. The molecule has 1 aliphatic heterocycles. The van der Waals surface area contributed by atoms with Crippen LogP contribution in [0, 0.1) is 11.6 Å². The highest BCUT2D eigenvalue weighted by Crippen LogP contribution is 2.13. The zero-order valence-electron chi connectivity index (χ0n) is 11.2. The fourth-order valence-corrected chi connectivity index (χ4v) is 2.13. The average molecular weight is 306 g/mol. The van der Waals surface area contributed by atoms with Crippen LogP contribution < -0.4 is 10.6 Å². The van der Waals surface area contributed by atoms with E-state index in [9.17, 15) is 13.6 Å². The van der Waals surface area contributed by atoms with Crippen molar-refractivity contribution in [2.45, 2.75) is 13.0 Å². The molecule has 0 radical (unpaired) electrons. The summed E-state index contributed by atoms with van der Waals surface area (Å²) in [5, 5.41) is 5.85. The van der Waals surface area contributed by atoms with Crippen LogP contribution in [0.25, 0.3) is 0 Å². The van der Waals surface area contributed by atoms with Crippen LogP contribution in [-0.2, 0) is 4.79 Å². The largest absolute Gasteiger partial charge is 0.325 e. The summed E-state index contributed by atoms with van der Waals surface area (Å²) in [6, 6.07) is 3.67. The molecule has 0 spiro atoms. The molecule has 1 aromatic rings. The maximum absolute atomic E-state index is 13.0. The number of carbonyl (C=O) groups is 1. The summed E-state index contributed by atoms with van der Waals surface area (Å²) in [5.41, 5.74) is 0.270. The third-order valence-corrected chi connectivity index (χ3v) is 3.02. The van der Waals surface area contributed by atoms with Gasteiger partial charge in [-0.1, -0.05) is 0 Å². The number of amides is 1. The Balaban J connectivity index is 0.00000200. The fourth-order valence-electron chi connectivity index (χ4n) is 2.13. The van der Waals surface area contributed by atoms with E-state index in [4.69, 9.17) is 0 Å². The number of piperazine rings is 1. The van der Waals surface area contributed by atoms with Gasteiger partial charge in [-0.05, 0) is 19.1 Å². The van der Waals surface area contributed by atoms with Gasteiger partial charge in [0.2, 0.25) is 5.91 Å². The summed E-state index contributed by atoms with van der Waals surface area (Å²) in [4.78, 5) is 13.8. The molecule has 2 N–H and O–H groups in total. The van der Waals surface area contributed by atoms with E-state index < -0.39 is 11.6 Å². The van der Waals surface area contributed by atoms with Gasteiger partial charge < -0.3 is 10.6 Å².